The molecule has 5 rings (SSSR count). The summed E-state index contributed by atoms with van der Waals surface area (Å²) in [6.07, 6.45) is 8.23. The molecule has 8 nitrogen and oxygen atoms in total. The van der Waals surface area contributed by atoms with E-state index in [1.54, 1.807) is 12.5 Å². The number of pyridine rings is 1. The van der Waals surface area contributed by atoms with E-state index in [0.717, 1.165) is 41.7 Å². The lowest BCUT2D eigenvalue weighted by Crippen LogP contribution is -2.35. The van der Waals surface area contributed by atoms with Crippen molar-refractivity contribution in [1.29, 1.82) is 0 Å². The number of hydrogen-bond donors (Lipinski definition) is 2. The summed E-state index contributed by atoms with van der Waals surface area (Å²) in [7, 11) is 0. The maximum Gasteiger partial charge on any atom is 0.319 e. The largest absolute Gasteiger partial charge is 0.331 e. The Bertz CT molecular complexity index is 1260. The van der Waals surface area contributed by atoms with Crippen molar-refractivity contribution in [3.8, 4) is 5.82 Å². The molecule has 0 aliphatic heterocycles. The first-order valence-corrected chi connectivity index (χ1v) is 10.9. The average Bonchev–Trinajstić information content (AvgIpc) is 3.39. The van der Waals surface area contributed by atoms with Crippen LogP contribution in [0.3, 0.4) is 0 Å². The zero-order valence-electron chi connectivity index (χ0n) is 18.5. The number of hydrogen-bond acceptors (Lipinski definition) is 4. The number of anilines is 1. The van der Waals surface area contributed by atoms with E-state index in [2.05, 4.69) is 51.2 Å². The molecule has 2 amide bonds. The lowest BCUT2D eigenvalue weighted by Gasteiger charge is -2.28. The van der Waals surface area contributed by atoms with Gasteiger partial charge in [0.25, 0.3) is 0 Å². The summed E-state index contributed by atoms with van der Waals surface area (Å²) >= 11 is 0. The van der Waals surface area contributed by atoms with Crippen molar-refractivity contribution in [2.75, 3.05) is 5.32 Å². The highest BCUT2D eigenvalue weighted by atomic mass is 16.2. The van der Waals surface area contributed by atoms with Gasteiger partial charge in [0, 0.05) is 11.3 Å². The Balaban J connectivity index is 1.28. The Morgan fingerprint density at radius 2 is 1.94 bits per heavy atom. The van der Waals surface area contributed by atoms with Gasteiger partial charge in [-0.3, -0.25) is 9.25 Å². The van der Waals surface area contributed by atoms with E-state index in [9.17, 15) is 4.79 Å². The third-order valence-corrected chi connectivity index (χ3v) is 5.83. The van der Waals surface area contributed by atoms with Crippen LogP contribution >= 0.6 is 0 Å². The maximum absolute atomic E-state index is 12.7. The number of imidazole rings is 1. The van der Waals surface area contributed by atoms with E-state index in [1.165, 1.54) is 5.69 Å². The number of nitrogens with zero attached hydrogens (tertiary/aromatic N) is 5. The second-order valence-electron chi connectivity index (χ2n) is 9.18. The van der Waals surface area contributed by atoms with Gasteiger partial charge in [-0.2, -0.15) is 5.10 Å². The number of carbonyl (C=O) groups excluding carboxylic acids is 1. The zero-order chi connectivity index (χ0) is 22.3. The molecular formula is C24H27N7O. The van der Waals surface area contributed by atoms with Gasteiger partial charge in [0.1, 0.15) is 12.1 Å². The van der Waals surface area contributed by atoms with Crippen LogP contribution in [0.5, 0.6) is 0 Å². The third-order valence-electron chi connectivity index (χ3n) is 5.83. The Morgan fingerprint density at radius 1 is 1.09 bits per heavy atom. The SMILES string of the molecule is CC(C)(C)n1ncc2c1CCC[C@@H]2NC(=O)Nc1ccc(-n2cnc3ccccc32)nc1. The van der Waals surface area contributed by atoms with Gasteiger partial charge in [-0.25, -0.2) is 14.8 Å². The summed E-state index contributed by atoms with van der Waals surface area (Å²) in [5.74, 6) is 0.746. The monoisotopic (exact) mass is 429 g/mol. The Kier molecular flexibility index (Phi) is 4.92. The van der Waals surface area contributed by atoms with Gasteiger partial charge in [-0.05, 0) is 64.3 Å². The average molecular weight is 430 g/mol. The number of benzene rings is 1. The highest BCUT2D eigenvalue weighted by Gasteiger charge is 2.29. The standard InChI is InChI=1S/C24H27N7O/c1-24(2,3)31-20-10-6-8-18(17(20)14-27-31)29-23(32)28-16-11-12-22(25-13-16)30-15-26-19-7-4-5-9-21(19)30/h4-5,7,9,11-15,18H,6,8,10H2,1-3H3,(H2,28,29,32)/t18-/m0/s1. The minimum absolute atomic E-state index is 0.0422. The number of fused-ring (bicyclic) bond motifs is 2. The van der Waals surface area contributed by atoms with Crippen molar-refractivity contribution >= 4 is 22.8 Å². The topological polar surface area (TPSA) is 89.7 Å². The Morgan fingerprint density at radius 3 is 2.72 bits per heavy atom. The van der Waals surface area contributed by atoms with Gasteiger partial charge in [-0.15, -0.1) is 0 Å². The van der Waals surface area contributed by atoms with Crippen LogP contribution < -0.4 is 10.6 Å². The van der Waals surface area contributed by atoms with E-state index >= 15 is 0 Å². The van der Waals surface area contributed by atoms with Crippen LogP contribution in [0.4, 0.5) is 10.5 Å². The van der Waals surface area contributed by atoms with E-state index in [1.807, 2.05) is 47.2 Å². The molecule has 4 aromatic rings. The van der Waals surface area contributed by atoms with Gasteiger partial charge >= 0.3 is 6.03 Å². The molecule has 8 heteroatoms. The minimum atomic E-state index is -0.242. The number of urea groups is 1. The van der Waals surface area contributed by atoms with Crippen LogP contribution in [0.1, 0.15) is 50.9 Å². The highest BCUT2D eigenvalue weighted by molar-refractivity contribution is 5.89. The second-order valence-corrected chi connectivity index (χ2v) is 9.18. The fourth-order valence-electron chi connectivity index (χ4n) is 4.35. The third kappa shape index (κ3) is 3.72. The molecule has 1 atom stereocenters. The Hall–Kier alpha value is -3.68. The first-order valence-electron chi connectivity index (χ1n) is 10.9. The van der Waals surface area contributed by atoms with Crippen molar-refractivity contribution < 1.29 is 4.79 Å². The van der Waals surface area contributed by atoms with E-state index in [0.29, 0.717) is 5.69 Å². The molecule has 32 heavy (non-hydrogen) atoms. The lowest BCUT2D eigenvalue weighted by molar-refractivity contribution is 0.247. The molecule has 3 heterocycles. The molecule has 164 valence electrons. The van der Waals surface area contributed by atoms with Gasteiger partial charge < -0.3 is 10.6 Å². The summed E-state index contributed by atoms with van der Waals surface area (Å²) in [5.41, 5.74) is 4.79. The van der Waals surface area contributed by atoms with Gasteiger partial charge in [0.05, 0.1) is 40.7 Å². The quantitative estimate of drug-likeness (QED) is 0.499. The Labute approximate surface area is 186 Å². The second kappa shape index (κ2) is 7.78. The van der Waals surface area contributed by atoms with E-state index in [-0.39, 0.29) is 17.6 Å². The van der Waals surface area contributed by atoms with Crippen molar-refractivity contribution in [1.82, 2.24) is 29.6 Å². The number of aromatic nitrogens is 5. The number of amides is 2. The van der Waals surface area contributed by atoms with Crippen LogP contribution in [0.2, 0.25) is 0 Å². The van der Waals surface area contributed by atoms with E-state index < -0.39 is 0 Å². The molecule has 0 fully saturated rings. The molecule has 0 spiro atoms. The summed E-state index contributed by atoms with van der Waals surface area (Å²) in [5, 5.41) is 10.6. The fourth-order valence-corrected chi connectivity index (χ4v) is 4.35. The number of nitrogens with one attached hydrogen (secondary N) is 2. The fraction of sp³-hybridized carbons (Fsp3) is 0.333. The molecule has 0 unspecified atom stereocenters. The van der Waals surface area contributed by atoms with Gasteiger partial charge in [0.15, 0.2) is 0 Å². The number of rotatable bonds is 3. The maximum atomic E-state index is 12.7. The molecule has 0 bridgehead atoms. The molecule has 0 saturated carbocycles. The molecular weight excluding hydrogens is 402 g/mol. The van der Waals surface area contributed by atoms with Crippen molar-refractivity contribution in [2.45, 2.75) is 51.6 Å². The molecule has 3 aromatic heterocycles. The lowest BCUT2D eigenvalue weighted by atomic mass is 9.92. The van der Waals surface area contributed by atoms with Crippen molar-refractivity contribution in [3.05, 3.63) is 66.4 Å². The summed E-state index contributed by atoms with van der Waals surface area (Å²) < 4.78 is 4.01. The van der Waals surface area contributed by atoms with Crippen LogP contribution in [0, 0.1) is 0 Å². The zero-order valence-corrected chi connectivity index (χ0v) is 18.5. The molecule has 1 aromatic carbocycles. The molecule has 1 aliphatic rings. The predicted molar refractivity (Wildman–Crippen MR) is 124 cm³/mol. The molecule has 0 radical (unpaired) electrons. The minimum Gasteiger partial charge on any atom is -0.331 e. The van der Waals surface area contributed by atoms with Crippen LogP contribution in [-0.2, 0) is 12.0 Å². The van der Waals surface area contributed by atoms with Crippen molar-refractivity contribution in [3.63, 3.8) is 0 Å². The number of carbonyl (C=O) groups is 1. The summed E-state index contributed by atoms with van der Waals surface area (Å²) in [4.78, 5) is 21.6. The van der Waals surface area contributed by atoms with Crippen LogP contribution in [0.15, 0.2) is 55.1 Å². The molecule has 2 N–H and O–H groups in total. The first-order chi connectivity index (χ1) is 15.4. The molecule has 0 saturated heterocycles. The van der Waals surface area contributed by atoms with Crippen molar-refractivity contribution in [2.24, 2.45) is 0 Å². The highest BCUT2D eigenvalue weighted by Crippen LogP contribution is 2.32. The van der Waals surface area contributed by atoms with Crippen LogP contribution in [-0.4, -0.2) is 30.3 Å². The smallest absolute Gasteiger partial charge is 0.319 e. The summed E-state index contributed by atoms with van der Waals surface area (Å²) in [6.45, 7) is 6.44. The molecule has 1 aliphatic carbocycles. The predicted octanol–water partition coefficient (Wildman–Crippen LogP) is 4.57. The number of para-hydroxylation sites is 2. The summed E-state index contributed by atoms with van der Waals surface area (Å²) in [6, 6.07) is 11.3. The van der Waals surface area contributed by atoms with E-state index in [4.69, 9.17) is 0 Å². The van der Waals surface area contributed by atoms with Crippen LogP contribution in [0.25, 0.3) is 16.9 Å². The normalized spacial score (nSPS) is 16.0. The van der Waals surface area contributed by atoms with Gasteiger partial charge in [0.2, 0.25) is 0 Å². The first kappa shape index (κ1) is 20.2. The van der Waals surface area contributed by atoms with Gasteiger partial charge in [-0.1, -0.05) is 12.1 Å².